The molecule has 9 heteroatoms. The van der Waals surface area contributed by atoms with Gasteiger partial charge in [0.1, 0.15) is 17.6 Å². The van der Waals surface area contributed by atoms with Gasteiger partial charge in [0.05, 0.1) is 24.9 Å². The Kier molecular flexibility index (Phi) is 6.05. The van der Waals surface area contributed by atoms with Crippen LogP contribution in [0.25, 0.3) is 0 Å². The van der Waals surface area contributed by atoms with Crippen molar-refractivity contribution in [3.63, 3.8) is 0 Å². The predicted molar refractivity (Wildman–Crippen MR) is 104 cm³/mol. The van der Waals surface area contributed by atoms with Crippen molar-refractivity contribution in [2.45, 2.75) is 18.9 Å². The summed E-state index contributed by atoms with van der Waals surface area (Å²) in [7, 11) is -2.50. The molecule has 2 aromatic carbocycles. The smallest absolute Gasteiger partial charge is 0.335 e. The van der Waals surface area contributed by atoms with Crippen LogP contribution in [0.4, 0.5) is 5.69 Å². The lowest BCUT2D eigenvalue weighted by molar-refractivity contribution is 0.0696. The number of hydrogen-bond donors (Lipinski definition) is 2. The van der Waals surface area contributed by atoms with Gasteiger partial charge in [0.25, 0.3) is 0 Å². The zero-order valence-corrected chi connectivity index (χ0v) is 16.2. The van der Waals surface area contributed by atoms with E-state index in [1.165, 1.54) is 29.6 Å². The van der Waals surface area contributed by atoms with Crippen LogP contribution in [-0.4, -0.2) is 50.1 Å². The Morgan fingerprint density at radius 1 is 1.21 bits per heavy atom. The summed E-state index contributed by atoms with van der Waals surface area (Å²) in [6, 6.07) is 13.3. The third-order valence-corrected chi connectivity index (χ3v) is 5.90. The van der Waals surface area contributed by atoms with E-state index < -0.39 is 16.2 Å². The van der Waals surface area contributed by atoms with Gasteiger partial charge in [0, 0.05) is 6.54 Å². The summed E-state index contributed by atoms with van der Waals surface area (Å²) in [5, 5.41) is 9.07. The second-order valence-electron chi connectivity index (χ2n) is 6.38. The van der Waals surface area contributed by atoms with Crippen LogP contribution in [-0.2, 0) is 10.2 Å². The highest BCUT2D eigenvalue weighted by atomic mass is 32.2. The molecular weight excluding hydrogens is 384 g/mol. The summed E-state index contributed by atoms with van der Waals surface area (Å²) in [5.41, 5.74) is 0.188. The second kappa shape index (κ2) is 8.49. The highest BCUT2D eigenvalue weighted by molar-refractivity contribution is 7.90. The van der Waals surface area contributed by atoms with Gasteiger partial charge in [0.15, 0.2) is 0 Å². The minimum absolute atomic E-state index is 0.00842. The highest BCUT2D eigenvalue weighted by Crippen LogP contribution is 2.28. The van der Waals surface area contributed by atoms with Crippen molar-refractivity contribution in [1.29, 1.82) is 0 Å². The molecule has 0 aliphatic carbocycles. The summed E-state index contributed by atoms with van der Waals surface area (Å²) in [6.07, 6.45) is 1.19. The highest BCUT2D eigenvalue weighted by Gasteiger charge is 2.30. The van der Waals surface area contributed by atoms with Crippen molar-refractivity contribution in [3.05, 3.63) is 54.1 Å². The fourth-order valence-corrected chi connectivity index (χ4v) is 4.33. The zero-order valence-electron chi connectivity index (χ0n) is 15.4. The Morgan fingerprint density at radius 2 is 1.96 bits per heavy atom. The van der Waals surface area contributed by atoms with Crippen LogP contribution in [0.3, 0.4) is 0 Å². The molecule has 0 radical (unpaired) electrons. The number of benzene rings is 2. The molecular formula is C19H22N2O6S. The Labute approximate surface area is 163 Å². The molecule has 28 heavy (non-hydrogen) atoms. The summed E-state index contributed by atoms with van der Waals surface area (Å²) in [5.74, 6) is -0.284. The van der Waals surface area contributed by atoms with E-state index in [4.69, 9.17) is 14.6 Å². The molecule has 3 rings (SSSR count). The lowest BCUT2D eigenvalue weighted by atomic mass is 10.1. The molecule has 1 atom stereocenters. The molecule has 1 aliphatic rings. The number of aromatic carboxylic acids is 1. The molecule has 0 bridgehead atoms. The molecule has 2 N–H and O–H groups in total. The standard InChI is InChI=1S/C19H22N2O6S/c1-26-18-12-14(19(22)23)9-10-17(18)20-28(24,25)21-11-5-8-16(13-21)27-15-6-3-2-4-7-15/h2-4,6-7,9-10,12,16,20H,5,8,11,13H2,1H3,(H,22,23). The number of nitrogens with zero attached hydrogens (tertiary/aromatic N) is 1. The molecule has 8 nitrogen and oxygen atoms in total. The molecule has 0 saturated carbocycles. The number of piperidine rings is 1. The van der Waals surface area contributed by atoms with E-state index in [2.05, 4.69) is 4.72 Å². The van der Waals surface area contributed by atoms with Crippen LogP contribution in [0.2, 0.25) is 0 Å². The number of hydrogen-bond acceptors (Lipinski definition) is 5. The summed E-state index contributed by atoms with van der Waals surface area (Å²) in [4.78, 5) is 11.1. The molecule has 2 aromatic rings. The number of carbonyl (C=O) groups is 1. The van der Waals surface area contributed by atoms with Crippen molar-refractivity contribution < 1.29 is 27.8 Å². The molecule has 0 spiro atoms. The van der Waals surface area contributed by atoms with E-state index in [9.17, 15) is 13.2 Å². The average Bonchev–Trinajstić information content (AvgIpc) is 2.69. The van der Waals surface area contributed by atoms with E-state index in [0.29, 0.717) is 18.7 Å². The van der Waals surface area contributed by atoms with Crippen molar-refractivity contribution in [1.82, 2.24) is 4.31 Å². The van der Waals surface area contributed by atoms with Crippen LogP contribution < -0.4 is 14.2 Å². The van der Waals surface area contributed by atoms with Crippen LogP contribution in [0, 0.1) is 0 Å². The fourth-order valence-electron chi connectivity index (χ4n) is 3.02. The molecule has 1 aliphatic heterocycles. The van der Waals surface area contributed by atoms with E-state index in [1.54, 1.807) is 0 Å². The van der Waals surface area contributed by atoms with Crippen molar-refractivity contribution in [2.75, 3.05) is 24.9 Å². The van der Waals surface area contributed by atoms with Crippen molar-refractivity contribution in [2.24, 2.45) is 0 Å². The van der Waals surface area contributed by atoms with Crippen molar-refractivity contribution in [3.8, 4) is 11.5 Å². The van der Waals surface area contributed by atoms with Crippen molar-refractivity contribution >= 4 is 21.9 Å². The molecule has 1 unspecified atom stereocenters. The minimum atomic E-state index is -3.85. The molecule has 1 heterocycles. The number of anilines is 1. The maximum absolute atomic E-state index is 12.8. The SMILES string of the molecule is COc1cc(C(=O)O)ccc1NS(=O)(=O)N1CCCC(Oc2ccccc2)C1. The molecule has 0 aromatic heterocycles. The lowest BCUT2D eigenvalue weighted by Gasteiger charge is -2.32. The molecule has 1 fully saturated rings. The molecule has 0 amide bonds. The number of carboxylic acid groups (broad SMARTS) is 1. The van der Waals surface area contributed by atoms with E-state index >= 15 is 0 Å². The normalized spacial score (nSPS) is 17.7. The maximum Gasteiger partial charge on any atom is 0.335 e. The molecule has 150 valence electrons. The Hall–Kier alpha value is -2.78. The number of carboxylic acids is 1. The first-order chi connectivity index (χ1) is 13.4. The quantitative estimate of drug-likeness (QED) is 0.732. The lowest BCUT2D eigenvalue weighted by Crippen LogP contribution is -2.46. The third-order valence-electron chi connectivity index (χ3n) is 4.41. The first-order valence-corrected chi connectivity index (χ1v) is 10.2. The summed E-state index contributed by atoms with van der Waals surface area (Å²) in [6.45, 7) is 0.596. The number of methoxy groups -OCH3 is 1. The number of rotatable bonds is 7. The Bertz CT molecular complexity index is 933. The van der Waals surface area contributed by atoms with E-state index in [0.717, 1.165) is 6.42 Å². The summed E-state index contributed by atoms with van der Waals surface area (Å²) >= 11 is 0. The minimum Gasteiger partial charge on any atom is -0.495 e. The number of nitrogens with one attached hydrogen (secondary N) is 1. The van der Waals surface area contributed by atoms with Crippen LogP contribution in [0.5, 0.6) is 11.5 Å². The van der Waals surface area contributed by atoms with Gasteiger partial charge in [-0.3, -0.25) is 4.72 Å². The Morgan fingerprint density at radius 3 is 2.64 bits per heavy atom. The van der Waals surface area contributed by atoms with Crippen LogP contribution >= 0.6 is 0 Å². The molecule has 1 saturated heterocycles. The number of para-hydroxylation sites is 1. The van der Waals surface area contributed by atoms with Gasteiger partial charge in [-0.1, -0.05) is 18.2 Å². The predicted octanol–water partition coefficient (Wildman–Crippen LogP) is 2.59. The Balaban J connectivity index is 1.72. The van der Waals surface area contributed by atoms with E-state index in [1.807, 2.05) is 30.3 Å². The second-order valence-corrected chi connectivity index (χ2v) is 8.05. The van der Waals surface area contributed by atoms with Gasteiger partial charge < -0.3 is 14.6 Å². The monoisotopic (exact) mass is 406 g/mol. The average molecular weight is 406 g/mol. The topological polar surface area (TPSA) is 105 Å². The first-order valence-electron chi connectivity index (χ1n) is 8.80. The van der Waals surface area contributed by atoms with Gasteiger partial charge in [0.2, 0.25) is 0 Å². The van der Waals surface area contributed by atoms with Gasteiger partial charge in [-0.05, 0) is 43.2 Å². The van der Waals surface area contributed by atoms with Gasteiger partial charge >= 0.3 is 16.2 Å². The largest absolute Gasteiger partial charge is 0.495 e. The van der Waals surface area contributed by atoms with Gasteiger partial charge in [-0.2, -0.15) is 12.7 Å². The van der Waals surface area contributed by atoms with Crippen LogP contribution in [0.15, 0.2) is 48.5 Å². The third kappa shape index (κ3) is 4.73. The fraction of sp³-hybridized carbons (Fsp3) is 0.316. The van der Waals surface area contributed by atoms with Crippen LogP contribution in [0.1, 0.15) is 23.2 Å². The maximum atomic E-state index is 12.8. The van der Waals surface area contributed by atoms with Gasteiger partial charge in [-0.15, -0.1) is 0 Å². The summed E-state index contributed by atoms with van der Waals surface area (Å²) < 4.78 is 40.5. The zero-order chi connectivity index (χ0) is 20.1. The first kappa shape index (κ1) is 20.0. The number of ether oxygens (including phenoxy) is 2. The van der Waals surface area contributed by atoms with E-state index in [-0.39, 0.29) is 29.6 Å². The van der Waals surface area contributed by atoms with Gasteiger partial charge in [-0.25, -0.2) is 4.79 Å².